The summed E-state index contributed by atoms with van der Waals surface area (Å²) in [5.74, 6) is 0.281. The summed E-state index contributed by atoms with van der Waals surface area (Å²) in [4.78, 5) is 11.8. The summed E-state index contributed by atoms with van der Waals surface area (Å²) in [6.07, 6.45) is 3.21. The minimum absolute atomic E-state index is 0.281. The highest BCUT2D eigenvalue weighted by atomic mass is 35.5. The molecular weight excluding hydrogens is 303 g/mol. The lowest BCUT2D eigenvalue weighted by Crippen LogP contribution is -1.99. The number of halogens is 2. The zero-order valence-corrected chi connectivity index (χ0v) is 13.4. The van der Waals surface area contributed by atoms with Gasteiger partial charge in [-0.3, -0.25) is 4.79 Å². The zero-order chi connectivity index (χ0) is 15.0. The smallest absolute Gasteiger partial charge is 0.163 e. The Bertz CT molecular complexity index is 699. The highest BCUT2D eigenvalue weighted by molar-refractivity contribution is 6.35. The summed E-state index contributed by atoms with van der Waals surface area (Å²) in [6, 6.07) is 9.88. The van der Waals surface area contributed by atoms with Gasteiger partial charge in [0.1, 0.15) is 0 Å². The minimum Gasteiger partial charge on any atom is -0.294 e. The largest absolute Gasteiger partial charge is 0.294 e. The number of ketones is 1. The molecule has 1 nitrogen and oxygen atoms in total. The van der Waals surface area contributed by atoms with Gasteiger partial charge in [0.05, 0.1) is 0 Å². The summed E-state index contributed by atoms with van der Waals surface area (Å²) in [5.41, 5.74) is 5.47. The minimum atomic E-state index is 0.281. The number of fused-ring (bicyclic) bond motifs is 1. The van der Waals surface area contributed by atoms with Crippen LogP contribution < -0.4 is 0 Å². The predicted octanol–water partition coefficient (Wildman–Crippen LogP) is 5.22. The van der Waals surface area contributed by atoms with E-state index in [1.54, 1.807) is 0 Å². The van der Waals surface area contributed by atoms with Gasteiger partial charge in [-0.05, 0) is 60.6 Å². The van der Waals surface area contributed by atoms with E-state index in [9.17, 15) is 4.79 Å². The number of hydrogen-bond acceptors (Lipinski definition) is 1. The molecule has 0 bridgehead atoms. The number of Topliss-reactive ketones (excluding diaryl/α,β-unsaturated/α-hetero) is 1. The predicted molar refractivity (Wildman–Crippen MR) is 87.7 cm³/mol. The Morgan fingerprint density at radius 2 is 1.76 bits per heavy atom. The summed E-state index contributed by atoms with van der Waals surface area (Å²) in [6.45, 7) is 2.02. The van der Waals surface area contributed by atoms with Gasteiger partial charge in [0.15, 0.2) is 5.78 Å². The molecule has 0 fully saturated rings. The Morgan fingerprint density at radius 3 is 2.48 bits per heavy atom. The Balaban J connectivity index is 1.84. The Kier molecular flexibility index (Phi) is 4.05. The summed E-state index contributed by atoms with van der Waals surface area (Å²) in [5, 5.41) is 1.44. The molecule has 0 radical (unpaired) electrons. The Labute approximate surface area is 134 Å². The monoisotopic (exact) mass is 318 g/mol. The van der Waals surface area contributed by atoms with Crippen LogP contribution in [0.1, 0.15) is 39.0 Å². The third-order valence-corrected chi connectivity index (χ3v) is 4.81. The molecule has 0 atom stereocenters. The van der Waals surface area contributed by atoms with Crippen LogP contribution in [0.4, 0.5) is 0 Å². The van der Waals surface area contributed by atoms with E-state index in [0.29, 0.717) is 6.42 Å². The molecule has 0 heterocycles. The van der Waals surface area contributed by atoms with Crippen LogP contribution in [0.3, 0.4) is 0 Å². The van der Waals surface area contributed by atoms with Gasteiger partial charge in [0.25, 0.3) is 0 Å². The van der Waals surface area contributed by atoms with Crippen molar-refractivity contribution in [3.05, 3.63) is 68.2 Å². The van der Waals surface area contributed by atoms with Crippen molar-refractivity contribution in [3.63, 3.8) is 0 Å². The van der Waals surface area contributed by atoms with E-state index in [1.165, 1.54) is 11.1 Å². The molecule has 21 heavy (non-hydrogen) atoms. The average molecular weight is 319 g/mol. The van der Waals surface area contributed by atoms with Gasteiger partial charge in [-0.15, -0.1) is 0 Å². The molecule has 0 aliphatic heterocycles. The van der Waals surface area contributed by atoms with E-state index in [4.69, 9.17) is 23.2 Å². The standard InChI is InChI=1S/C18H16Cl2O/c1-11-9-12(10-13-6-8-17(21)18(11)13)5-7-14-15(19)3-2-4-16(14)20/h2-4,9-10H,5-8H2,1H3. The molecule has 0 spiro atoms. The van der Waals surface area contributed by atoms with Crippen molar-refractivity contribution in [2.75, 3.05) is 0 Å². The van der Waals surface area contributed by atoms with Crippen molar-refractivity contribution < 1.29 is 4.79 Å². The first-order chi connectivity index (χ1) is 10.1. The van der Waals surface area contributed by atoms with E-state index >= 15 is 0 Å². The van der Waals surface area contributed by atoms with Crippen LogP contribution in [0.25, 0.3) is 0 Å². The maximum Gasteiger partial charge on any atom is 0.163 e. The highest BCUT2D eigenvalue weighted by Gasteiger charge is 2.22. The summed E-state index contributed by atoms with van der Waals surface area (Å²) in [7, 11) is 0. The quantitative estimate of drug-likeness (QED) is 0.758. The van der Waals surface area contributed by atoms with Crippen LogP contribution in [-0.4, -0.2) is 5.78 Å². The number of hydrogen-bond donors (Lipinski definition) is 0. The fourth-order valence-electron chi connectivity index (χ4n) is 3.10. The van der Waals surface area contributed by atoms with Gasteiger partial charge >= 0.3 is 0 Å². The molecule has 3 rings (SSSR count). The van der Waals surface area contributed by atoms with Gasteiger partial charge in [-0.25, -0.2) is 0 Å². The number of aryl methyl sites for hydroxylation is 3. The molecule has 1 aliphatic carbocycles. The number of benzene rings is 2. The molecule has 2 aromatic rings. The molecule has 0 saturated heterocycles. The first kappa shape index (κ1) is 14.6. The second-order valence-electron chi connectivity index (χ2n) is 5.57. The van der Waals surface area contributed by atoms with Crippen molar-refractivity contribution in [2.24, 2.45) is 0 Å². The lowest BCUT2D eigenvalue weighted by Gasteiger charge is -2.10. The van der Waals surface area contributed by atoms with E-state index in [2.05, 4.69) is 12.1 Å². The fourth-order valence-corrected chi connectivity index (χ4v) is 3.68. The molecule has 3 heteroatoms. The molecule has 2 aromatic carbocycles. The Morgan fingerprint density at radius 1 is 1.05 bits per heavy atom. The first-order valence-corrected chi connectivity index (χ1v) is 7.90. The Hall–Kier alpha value is -1.31. The molecule has 1 aliphatic rings. The number of rotatable bonds is 3. The highest BCUT2D eigenvalue weighted by Crippen LogP contribution is 2.29. The van der Waals surface area contributed by atoms with Gasteiger partial charge in [-0.1, -0.05) is 41.4 Å². The van der Waals surface area contributed by atoms with Crippen molar-refractivity contribution in [2.45, 2.75) is 32.6 Å². The van der Waals surface area contributed by atoms with E-state index < -0.39 is 0 Å². The van der Waals surface area contributed by atoms with Crippen molar-refractivity contribution in [3.8, 4) is 0 Å². The topological polar surface area (TPSA) is 17.1 Å². The molecule has 0 saturated carbocycles. The molecule has 0 amide bonds. The van der Waals surface area contributed by atoms with E-state index in [0.717, 1.165) is 46.0 Å². The normalized spacial score (nSPS) is 13.6. The summed E-state index contributed by atoms with van der Waals surface area (Å²) < 4.78 is 0. The molecule has 0 unspecified atom stereocenters. The van der Waals surface area contributed by atoms with Gasteiger partial charge in [-0.2, -0.15) is 0 Å². The van der Waals surface area contributed by atoms with E-state index in [1.807, 2.05) is 25.1 Å². The van der Waals surface area contributed by atoms with Gasteiger partial charge in [0.2, 0.25) is 0 Å². The molecular formula is C18H16Cl2O. The maximum atomic E-state index is 11.8. The van der Waals surface area contributed by atoms with Crippen LogP contribution >= 0.6 is 23.2 Å². The zero-order valence-electron chi connectivity index (χ0n) is 11.9. The molecule has 108 valence electrons. The second kappa shape index (κ2) is 5.82. The van der Waals surface area contributed by atoms with Crippen LogP contribution in [0.15, 0.2) is 30.3 Å². The van der Waals surface area contributed by atoms with Crippen LogP contribution in [-0.2, 0) is 19.3 Å². The van der Waals surface area contributed by atoms with Gasteiger partial charge in [0, 0.05) is 22.0 Å². The van der Waals surface area contributed by atoms with E-state index in [-0.39, 0.29) is 5.78 Å². The second-order valence-corrected chi connectivity index (χ2v) is 6.38. The van der Waals surface area contributed by atoms with Crippen LogP contribution in [0.2, 0.25) is 10.0 Å². The van der Waals surface area contributed by atoms with Crippen molar-refractivity contribution in [1.82, 2.24) is 0 Å². The molecule has 0 aromatic heterocycles. The van der Waals surface area contributed by atoms with Gasteiger partial charge < -0.3 is 0 Å². The third kappa shape index (κ3) is 2.86. The first-order valence-electron chi connectivity index (χ1n) is 7.15. The van der Waals surface area contributed by atoms with Crippen molar-refractivity contribution >= 4 is 29.0 Å². The average Bonchev–Trinajstić information content (AvgIpc) is 2.80. The number of carbonyl (C=O) groups is 1. The SMILES string of the molecule is Cc1cc(CCc2c(Cl)cccc2Cl)cc2c1C(=O)CC2. The lowest BCUT2D eigenvalue weighted by molar-refractivity contribution is 0.0994. The van der Waals surface area contributed by atoms with Crippen molar-refractivity contribution in [1.29, 1.82) is 0 Å². The number of carbonyl (C=O) groups excluding carboxylic acids is 1. The summed E-state index contributed by atoms with van der Waals surface area (Å²) >= 11 is 12.4. The third-order valence-electron chi connectivity index (χ3n) is 4.10. The lowest BCUT2D eigenvalue weighted by atomic mass is 9.96. The fraction of sp³-hybridized carbons (Fsp3) is 0.278. The molecule has 0 N–H and O–H groups in total. The van der Waals surface area contributed by atoms with Crippen LogP contribution in [0.5, 0.6) is 0 Å². The van der Waals surface area contributed by atoms with Crippen LogP contribution in [0, 0.1) is 6.92 Å². The maximum absolute atomic E-state index is 11.8.